The number of nitrogens with zero attached hydrogens (tertiary/aromatic N) is 3. The Morgan fingerprint density at radius 3 is 2.46 bits per heavy atom. The van der Waals surface area contributed by atoms with Gasteiger partial charge < -0.3 is 15.2 Å². The standard InChI is InChI=1S/C34H32F4N4O5S/c1-19-11-24(47-29-6-4-3-5-27(29)35)16-28(36)32(19)42-34(39)26(17-40-42)33(43)23-12-21-14-25(20-7-9-41(10-8-20)48(2,44)45)30(15-22(21)13-23)46-18-31(37)38/h3-6,11,13-17,20,31H,7-10,12,18,39H2,1-2H3. The van der Waals surface area contributed by atoms with E-state index in [2.05, 4.69) is 5.10 Å². The summed E-state index contributed by atoms with van der Waals surface area (Å²) in [7, 11) is -3.35. The molecule has 0 spiro atoms. The highest BCUT2D eigenvalue weighted by Gasteiger charge is 2.31. The number of ether oxygens (including phenoxy) is 2. The molecule has 2 heterocycles. The van der Waals surface area contributed by atoms with Crippen LogP contribution in [-0.4, -0.2) is 60.7 Å². The summed E-state index contributed by atoms with van der Waals surface area (Å²) in [6, 6.07) is 11.8. The third-order valence-corrected chi connectivity index (χ3v) is 9.86. The number of hydrogen-bond acceptors (Lipinski definition) is 7. The number of aromatic nitrogens is 2. The first kappa shape index (κ1) is 33.2. The molecule has 252 valence electrons. The second-order valence-electron chi connectivity index (χ2n) is 11.9. The van der Waals surface area contributed by atoms with Crippen molar-refractivity contribution in [2.45, 2.75) is 38.5 Å². The molecule has 9 nitrogen and oxygen atoms in total. The molecule has 2 aliphatic rings. The fourth-order valence-electron chi connectivity index (χ4n) is 6.20. The smallest absolute Gasteiger partial charge is 0.272 e. The largest absolute Gasteiger partial charge is 0.487 e. The number of anilines is 1. The van der Waals surface area contributed by atoms with E-state index in [4.69, 9.17) is 15.2 Å². The van der Waals surface area contributed by atoms with Gasteiger partial charge in [-0.05, 0) is 78.3 Å². The molecule has 0 amide bonds. The van der Waals surface area contributed by atoms with E-state index in [0.29, 0.717) is 48.2 Å². The summed E-state index contributed by atoms with van der Waals surface area (Å²) in [5.41, 5.74) is 9.21. The maximum absolute atomic E-state index is 15.4. The molecule has 1 aliphatic carbocycles. The molecule has 48 heavy (non-hydrogen) atoms. The summed E-state index contributed by atoms with van der Waals surface area (Å²) in [4.78, 5) is 13.7. The molecular weight excluding hydrogens is 652 g/mol. The molecule has 0 saturated carbocycles. The molecule has 1 aliphatic heterocycles. The first-order valence-corrected chi connectivity index (χ1v) is 17.0. The van der Waals surface area contributed by atoms with E-state index in [1.807, 2.05) is 6.07 Å². The normalized spacial score (nSPS) is 15.4. The van der Waals surface area contributed by atoms with Gasteiger partial charge in [-0.2, -0.15) is 5.10 Å². The summed E-state index contributed by atoms with van der Waals surface area (Å²) in [6.07, 6.45) is 2.53. The van der Waals surface area contributed by atoms with Crippen molar-refractivity contribution in [2.75, 3.05) is 31.7 Å². The zero-order valence-corrected chi connectivity index (χ0v) is 26.9. The first-order chi connectivity index (χ1) is 22.8. The highest BCUT2D eigenvalue weighted by atomic mass is 32.2. The van der Waals surface area contributed by atoms with Crippen LogP contribution in [0, 0.1) is 18.6 Å². The van der Waals surface area contributed by atoms with Crippen LogP contribution in [0.15, 0.2) is 60.3 Å². The Balaban J connectivity index is 1.24. The number of para-hydroxylation sites is 1. The summed E-state index contributed by atoms with van der Waals surface area (Å²) < 4.78 is 93.3. The fourth-order valence-corrected chi connectivity index (χ4v) is 7.08. The maximum Gasteiger partial charge on any atom is 0.272 e. The van der Waals surface area contributed by atoms with Crippen LogP contribution in [0.5, 0.6) is 17.2 Å². The van der Waals surface area contributed by atoms with E-state index in [-0.39, 0.29) is 46.7 Å². The number of benzene rings is 3. The number of piperidine rings is 1. The molecule has 1 saturated heterocycles. The molecule has 1 fully saturated rings. The SMILES string of the molecule is Cc1cc(Oc2ccccc2F)cc(F)c1-n1ncc(C(=O)C2=Cc3cc(OCC(F)F)c(C4CCN(S(C)(=O)=O)CC4)cc3C2)c1N. The van der Waals surface area contributed by atoms with Crippen molar-refractivity contribution in [2.24, 2.45) is 0 Å². The molecule has 14 heteroatoms. The van der Waals surface area contributed by atoms with Crippen LogP contribution >= 0.6 is 0 Å². The number of carbonyl (C=O) groups excluding carboxylic acids is 1. The molecule has 1 aromatic heterocycles. The van der Waals surface area contributed by atoms with Crippen molar-refractivity contribution < 1.29 is 40.2 Å². The number of nitrogen functional groups attached to an aromatic ring is 1. The fraction of sp³-hybridized carbons (Fsp3) is 0.294. The van der Waals surface area contributed by atoms with Crippen molar-refractivity contribution in [1.82, 2.24) is 14.1 Å². The van der Waals surface area contributed by atoms with E-state index in [0.717, 1.165) is 22.6 Å². The van der Waals surface area contributed by atoms with Gasteiger partial charge in [0.25, 0.3) is 6.43 Å². The lowest BCUT2D eigenvalue weighted by Gasteiger charge is -2.31. The molecule has 3 aromatic carbocycles. The number of alkyl halides is 2. The molecular formula is C34H32F4N4O5S. The highest BCUT2D eigenvalue weighted by molar-refractivity contribution is 7.88. The number of aryl methyl sites for hydroxylation is 1. The number of fused-ring (bicyclic) bond motifs is 1. The Morgan fingerprint density at radius 1 is 1.06 bits per heavy atom. The van der Waals surface area contributed by atoms with Crippen molar-refractivity contribution >= 4 is 27.7 Å². The number of allylic oxidation sites excluding steroid dienone is 1. The number of carbonyl (C=O) groups is 1. The van der Waals surface area contributed by atoms with Gasteiger partial charge in [0, 0.05) is 31.1 Å². The third kappa shape index (κ3) is 6.67. The number of ketones is 1. The number of Topliss-reactive ketones (excluding diaryl/α,β-unsaturated/α-hetero) is 1. The van der Waals surface area contributed by atoms with Gasteiger partial charge in [-0.1, -0.05) is 18.2 Å². The summed E-state index contributed by atoms with van der Waals surface area (Å²) >= 11 is 0. The van der Waals surface area contributed by atoms with Crippen molar-refractivity contribution in [1.29, 1.82) is 0 Å². The van der Waals surface area contributed by atoms with E-state index >= 15 is 4.39 Å². The lowest BCUT2D eigenvalue weighted by molar-refractivity contribution is 0.0810. The van der Waals surface area contributed by atoms with Gasteiger partial charge >= 0.3 is 0 Å². The Morgan fingerprint density at radius 2 is 1.79 bits per heavy atom. The molecule has 4 aromatic rings. The molecule has 0 bridgehead atoms. The number of rotatable bonds is 10. The predicted molar refractivity (Wildman–Crippen MR) is 171 cm³/mol. The monoisotopic (exact) mass is 684 g/mol. The summed E-state index contributed by atoms with van der Waals surface area (Å²) in [6.45, 7) is 1.37. The summed E-state index contributed by atoms with van der Waals surface area (Å²) in [5.74, 6) is -1.77. The van der Waals surface area contributed by atoms with Crippen LogP contribution < -0.4 is 15.2 Å². The average molecular weight is 685 g/mol. The zero-order chi connectivity index (χ0) is 34.3. The van der Waals surface area contributed by atoms with Crippen LogP contribution in [0.2, 0.25) is 0 Å². The lowest BCUT2D eigenvalue weighted by Crippen LogP contribution is -2.37. The van der Waals surface area contributed by atoms with Gasteiger partial charge in [-0.3, -0.25) is 4.79 Å². The number of hydrogen-bond donors (Lipinski definition) is 1. The molecule has 0 radical (unpaired) electrons. The first-order valence-electron chi connectivity index (χ1n) is 15.1. The molecule has 0 atom stereocenters. The third-order valence-electron chi connectivity index (χ3n) is 8.56. The lowest BCUT2D eigenvalue weighted by atomic mass is 9.87. The van der Waals surface area contributed by atoms with E-state index < -0.39 is 40.5 Å². The quantitative estimate of drug-likeness (QED) is 0.151. The van der Waals surface area contributed by atoms with E-state index in [9.17, 15) is 26.4 Å². The number of halogens is 4. The second-order valence-corrected chi connectivity index (χ2v) is 13.8. The van der Waals surface area contributed by atoms with Crippen LogP contribution in [-0.2, 0) is 16.4 Å². The van der Waals surface area contributed by atoms with Gasteiger partial charge in [0.15, 0.2) is 23.2 Å². The van der Waals surface area contributed by atoms with Crippen molar-refractivity contribution in [3.05, 3.63) is 99.8 Å². The zero-order valence-electron chi connectivity index (χ0n) is 26.1. The Hall–Kier alpha value is -4.69. The van der Waals surface area contributed by atoms with Crippen LogP contribution in [0.4, 0.5) is 23.4 Å². The molecule has 0 unspecified atom stereocenters. The van der Waals surface area contributed by atoms with Gasteiger partial charge in [-0.15, -0.1) is 0 Å². The Labute approximate surface area is 274 Å². The minimum Gasteiger partial charge on any atom is -0.487 e. The van der Waals surface area contributed by atoms with Crippen LogP contribution in [0.3, 0.4) is 0 Å². The van der Waals surface area contributed by atoms with Gasteiger partial charge in [0.1, 0.15) is 29.6 Å². The average Bonchev–Trinajstić information content (AvgIpc) is 3.62. The Kier molecular flexibility index (Phi) is 9.05. The minimum atomic E-state index is -3.35. The van der Waals surface area contributed by atoms with Crippen LogP contribution in [0.25, 0.3) is 11.8 Å². The number of sulfonamides is 1. The summed E-state index contributed by atoms with van der Waals surface area (Å²) in [5, 5.41) is 4.20. The van der Waals surface area contributed by atoms with Crippen molar-refractivity contribution in [3.63, 3.8) is 0 Å². The van der Waals surface area contributed by atoms with Gasteiger partial charge in [0.2, 0.25) is 10.0 Å². The topological polar surface area (TPSA) is 117 Å². The van der Waals surface area contributed by atoms with E-state index in [1.165, 1.54) is 34.8 Å². The Bertz CT molecular complexity index is 2020. The van der Waals surface area contributed by atoms with Crippen molar-refractivity contribution in [3.8, 4) is 22.9 Å². The van der Waals surface area contributed by atoms with Gasteiger partial charge in [-0.25, -0.2) is 35.0 Å². The highest BCUT2D eigenvalue weighted by Crippen LogP contribution is 2.41. The molecule has 6 rings (SSSR count). The maximum atomic E-state index is 15.4. The van der Waals surface area contributed by atoms with E-state index in [1.54, 1.807) is 25.1 Å². The molecule has 2 N–H and O–H groups in total. The van der Waals surface area contributed by atoms with Crippen LogP contribution in [0.1, 0.15) is 51.4 Å². The predicted octanol–water partition coefficient (Wildman–Crippen LogP) is 6.44. The number of nitrogens with two attached hydrogens (primary N) is 1. The van der Waals surface area contributed by atoms with Gasteiger partial charge in [0.05, 0.1) is 18.0 Å². The second kappa shape index (κ2) is 13.1. The minimum absolute atomic E-state index is 0.0106.